The van der Waals surface area contributed by atoms with Crippen LogP contribution in [0.1, 0.15) is 5.56 Å². The molecule has 0 bridgehead atoms. The van der Waals surface area contributed by atoms with E-state index in [0.717, 1.165) is 30.2 Å². The lowest BCUT2D eigenvalue weighted by Gasteiger charge is -2.08. The molecule has 0 radical (unpaired) electrons. The van der Waals surface area contributed by atoms with Crippen LogP contribution in [0.2, 0.25) is 5.02 Å². The van der Waals surface area contributed by atoms with E-state index in [-0.39, 0.29) is 10.8 Å². The first kappa shape index (κ1) is 21.8. The number of hydrogen-bond donors (Lipinski definition) is 2. The Balaban J connectivity index is 1.65. The van der Waals surface area contributed by atoms with Gasteiger partial charge in [-0.2, -0.15) is 13.2 Å². The maximum absolute atomic E-state index is 12.8. The number of H-pyrrole nitrogens is 1. The van der Waals surface area contributed by atoms with E-state index in [9.17, 15) is 13.2 Å². The minimum absolute atomic E-state index is 0.0948. The maximum Gasteiger partial charge on any atom is 0.416 e. The summed E-state index contributed by atoms with van der Waals surface area (Å²) in [5.74, 6) is 0.297. The number of alkyl halides is 3. The summed E-state index contributed by atoms with van der Waals surface area (Å²) in [7, 11) is 0. The van der Waals surface area contributed by atoms with Gasteiger partial charge in [-0.25, -0.2) is 9.98 Å². The molecule has 0 saturated heterocycles. The molecule has 0 saturated carbocycles. The summed E-state index contributed by atoms with van der Waals surface area (Å²) in [5.41, 5.74) is 0.832. The Morgan fingerprint density at radius 1 is 1.03 bits per heavy atom. The van der Waals surface area contributed by atoms with Crippen LogP contribution in [-0.4, -0.2) is 26.5 Å². The van der Waals surface area contributed by atoms with Gasteiger partial charge in [-0.3, -0.25) is 5.41 Å². The molecule has 0 spiro atoms. The highest BCUT2D eigenvalue weighted by Crippen LogP contribution is 2.32. The van der Waals surface area contributed by atoms with Crippen molar-refractivity contribution in [3.05, 3.63) is 70.8 Å². The first-order valence-electron chi connectivity index (χ1n) is 8.91. The predicted octanol–water partition coefficient (Wildman–Crippen LogP) is 5.46. The van der Waals surface area contributed by atoms with Crippen LogP contribution in [0.25, 0.3) is 22.7 Å². The number of hydrogen-bond acceptors (Lipinski definition) is 6. The average Bonchev–Trinajstić information content (AvgIpc) is 3.22. The molecule has 4 aromatic rings. The topological polar surface area (TPSA) is 104 Å². The van der Waals surface area contributed by atoms with Crippen molar-refractivity contribution in [3.63, 3.8) is 0 Å². The van der Waals surface area contributed by atoms with Crippen molar-refractivity contribution < 1.29 is 17.6 Å². The molecule has 4 rings (SSSR count). The molecule has 0 fully saturated rings. The second-order valence-corrected chi connectivity index (χ2v) is 7.70. The standard InChI is InChI=1S/C20H12ClF3N6OS/c21-14-7-3-12(4-8-14)17-29-30-19(31-17)32-16-9-15(27-18(28-16)26-10-25)11-1-5-13(6-2-11)20(22,23)24/h1-10H,(H2,25,26,27,28). The molecule has 0 unspecified atom stereocenters. The fourth-order valence-electron chi connectivity index (χ4n) is 2.65. The van der Waals surface area contributed by atoms with Gasteiger partial charge >= 0.3 is 6.18 Å². The maximum atomic E-state index is 12.8. The normalized spacial score (nSPS) is 12.2. The summed E-state index contributed by atoms with van der Waals surface area (Å²) in [5, 5.41) is 16.5. The zero-order chi connectivity index (χ0) is 22.7. The number of halogens is 4. The molecule has 0 aliphatic carbocycles. The summed E-state index contributed by atoms with van der Waals surface area (Å²) in [6.45, 7) is 0. The lowest BCUT2D eigenvalue weighted by molar-refractivity contribution is -0.137. The highest BCUT2D eigenvalue weighted by Gasteiger charge is 2.30. The largest absolute Gasteiger partial charge is 0.416 e. The van der Waals surface area contributed by atoms with E-state index in [4.69, 9.17) is 21.4 Å². The molecule has 0 aliphatic rings. The molecule has 12 heteroatoms. The minimum atomic E-state index is -4.43. The third-order valence-electron chi connectivity index (χ3n) is 4.12. The van der Waals surface area contributed by atoms with Gasteiger partial charge in [0.15, 0.2) is 0 Å². The average molecular weight is 477 g/mol. The van der Waals surface area contributed by atoms with Gasteiger partial charge in [0.05, 0.1) is 16.3 Å². The number of benzene rings is 2. The van der Waals surface area contributed by atoms with Crippen LogP contribution < -0.4 is 5.62 Å². The number of aromatic nitrogens is 4. The van der Waals surface area contributed by atoms with Gasteiger partial charge in [-0.15, -0.1) is 10.2 Å². The van der Waals surface area contributed by atoms with Crippen LogP contribution in [-0.2, 0) is 6.18 Å². The zero-order valence-electron chi connectivity index (χ0n) is 15.9. The van der Waals surface area contributed by atoms with E-state index in [1.807, 2.05) is 0 Å². The monoisotopic (exact) mass is 476 g/mol. The fourth-order valence-corrected chi connectivity index (χ4v) is 3.48. The molecule has 2 aromatic heterocycles. The van der Waals surface area contributed by atoms with Crippen molar-refractivity contribution >= 4 is 29.7 Å². The van der Waals surface area contributed by atoms with Crippen LogP contribution in [0.3, 0.4) is 0 Å². The smallest absolute Gasteiger partial charge is 0.411 e. The summed E-state index contributed by atoms with van der Waals surface area (Å²) in [6, 6.07) is 13.1. The van der Waals surface area contributed by atoms with Crippen molar-refractivity contribution in [2.45, 2.75) is 16.4 Å². The van der Waals surface area contributed by atoms with Gasteiger partial charge in [-0.05, 0) is 54.2 Å². The highest BCUT2D eigenvalue weighted by atomic mass is 35.5. The predicted molar refractivity (Wildman–Crippen MR) is 112 cm³/mol. The van der Waals surface area contributed by atoms with Crippen LogP contribution in [0.5, 0.6) is 0 Å². The third-order valence-corrected chi connectivity index (χ3v) is 5.15. The minimum Gasteiger partial charge on any atom is -0.411 e. The van der Waals surface area contributed by atoms with Gasteiger partial charge in [0, 0.05) is 16.1 Å². The van der Waals surface area contributed by atoms with Gasteiger partial charge in [0.1, 0.15) is 6.34 Å². The molecule has 2 aromatic carbocycles. The molecule has 0 aliphatic heterocycles. The quantitative estimate of drug-likeness (QED) is 0.226. The van der Waals surface area contributed by atoms with Crippen molar-refractivity contribution in [3.8, 4) is 22.7 Å². The molecular weight excluding hydrogens is 465 g/mol. The Morgan fingerprint density at radius 2 is 1.72 bits per heavy atom. The number of nitrogens with one attached hydrogen (secondary N) is 2. The lowest BCUT2D eigenvalue weighted by atomic mass is 10.1. The van der Waals surface area contributed by atoms with Crippen molar-refractivity contribution in [2.75, 3.05) is 0 Å². The van der Waals surface area contributed by atoms with Crippen molar-refractivity contribution in [1.82, 2.24) is 20.2 Å². The lowest BCUT2D eigenvalue weighted by Crippen LogP contribution is -2.14. The Hall–Kier alpha value is -3.44. The second-order valence-electron chi connectivity index (χ2n) is 6.27. The molecular formula is C20H12ClF3N6OS. The van der Waals surface area contributed by atoms with E-state index < -0.39 is 11.7 Å². The van der Waals surface area contributed by atoms with Crippen molar-refractivity contribution in [2.24, 2.45) is 4.99 Å². The molecule has 0 amide bonds. The molecule has 162 valence electrons. The molecule has 0 atom stereocenters. The van der Waals surface area contributed by atoms with Gasteiger partial charge in [0.2, 0.25) is 11.5 Å². The summed E-state index contributed by atoms with van der Waals surface area (Å²) in [4.78, 5) is 11.0. The Morgan fingerprint density at radius 3 is 2.38 bits per heavy atom. The summed E-state index contributed by atoms with van der Waals surface area (Å²) in [6.07, 6.45) is -3.63. The van der Waals surface area contributed by atoms with Crippen LogP contribution in [0.15, 0.2) is 74.3 Å². The van der Waals surface area contributed by atoms with E-state index >= 15 is 0 Å². The summed E-state index contributed by atoms with van der Waals surface area (Å²) < 4.78 is 44.2. The Kier molecular flexibility index (Phi) is 6.10. The van der Waals surface area contributed by atoms with Gasteiger partial charge < -0.3 is 9.40 Å². The number of rotatable bonds is 5. The Labute approximate surface area is 187 Å². The SMILES string of the molecule is N=C/N=c1/nc(-c2ccc(C(F)(F)F)cc2)cc(Sc2nnc(-c3ccc(Cl)cc3)o2)[nH]1. The van der Waals surface area contributed by atoms with E-state index in [2.05, 4.69) is 25.2 Å². The van der Waals surface area contributed by atoms with Crippen LogP contribution in [0, 0.1) is 5.41 Å². The van der Waals surface area contributed by atoms with E-state index in [0.29, 0.717) is 32.8 Å². The number of nitrogens with zero attached hydrogens (tertiary/aromatic N) is 4. The van der Waals surface area contributed by atoms with Crippen molar-refractivity contribution in [1.29, 1.82) is 5.41 Å². The number of aromatic amines is 1. The second kappa shape index (κ2) is 8.97. The molecule has 2 heterocycles. The first-order valence-corrected chi connectivity index (χ1v) is 10.1. The van der Waals surface area contributed by atoms with Gasteiger partial charge in [0.25, 0.3) is 5.22 Å². The first-order chi connectivity index (χ1) is 15.3. The van der Waals surface area contributed by atoms with Crippen LogP contribution in [0.4, 0.5) is 13.2 Å². The third kappa shape index (κ3) is 5.06. The molecule has 7 nitrogen and oxygen atoms in total. The highest BCUT2D eigenvalue weighted by molar-refractivity contribution is 7.99. The fraction of sp³-hybridized carbons (Fsp3) is 0.0500. The summed E-state index contributed by atoms with van der Waals surface area (Å²) >= 11 is 6.97. The van der Waals surface area contributed by atoms with E-state index in [1.165, 1.54) is 12.1 Å². The molecule has 32 heavy (non-hydrogen) atoms. The van der Waals surface area contributed by atoms with E-state index in [1.54, 1.807) is 30.3 Å². The Bertz CT molecular complexity index is 1320. The van der Waals surface area contributed by atoms with Gasteiger partial charge in [-0.1, -0.05) is 23.7 Å². The zero-order valence-corrected chi connectivity index (χ0v) is 17.5. The van der Waals surface area contributed by atoms with Crippen LogP contribution >= 0.6 is 23.4 Å². The molecule has 2 N–H and O–H groups in total.